The van der Waals surface area contributed by atoms with Crippen LogP contribution in [0.25, 0.3) is 5.69 Å². The van der Waals surface area contributed by atoms with Crippen molar-refractivity contribution in [2.75, 3.05) is 11.9 Å². The van der Waals surface area contributed by atoms with Crippen LogP contribution in [0.4, 0.5) is 5.95 Å². The average Bonchev–Trinajstić information content (AvgIpc) is 3.00. The van der Waals surface area contributed by atoms with Gasteiger partial charge in [-0.25, -0.2) is 0 Å². The predicted octanol–water partition coefficient (Wildman–Crippen LogP) is 3.06. The summed E-state index contributed by atoms with van der Waals surface area (Å²) in [6, 6.07) is 18.1. The maximum atomic E-state index is 4.12. The SMILES string of the molecule is CN(Cc1ccc(Br)cc1)c1nnnn1-c1ccccc1. The van der Waals surface area contributed by atoms with Crippen molar-refractivity contribution in [3.8, 4) is 5.69 Å². The highest BCUT2D eigenvalue weighted by Crippen LogP contribution is 2.17. The Balaban J connectivity index is 1.84. The Morgan fingerprint density at radius 3 is 2.48 bits per heavy atom. The van der Waals surface area contributed by atoms with Gasteiger partial charge < -0.3 is 4.90 Å². The van der Waals surface area contributed by atoms with Crippen LogP contribution in [0.1, 0.15) is 5.56 Å². The molecule has 0 amide bonds. The molecule has 0 unspecified atom stereocenters. The van der Waals surface area contributed by atoms with Crippen molar-refractivity contribution in [1.82, 2.24) is 20.2 Å². The number of halogens is 1. The molecule has 0 aliphatic carbocycles. The van der Waals surface area contributed by atoms with E-state index in [9.17, 15) is 0 Å². The van der Waals surface area contributed by atoms with Gasteiger partial charge in [0.15, 0.2) is 0 Å². The number of para-hydroxylation sites is 1. The third-order valence-corrected chi connectivity index (χ3v) is 3.66. The fraction of sp³-hybridized carbons (Fsp3) is 0.133. The molecule has 0 saturated carbocycles. The molecular formula is C15H14BrN5. The molecule has 0 radical (unpaired) electrons. The summed E-state index contributed by atoms with van der Waals surface area (Å²) < 4.78 is 2.81. The fourth-order valence-corrected chi connectivity index (χ4v) is 2.36. The molecule has 0 bridgehead atoms. The Hall–Kier alpha value is -2.21. The van der Waals surface area contributed by atoms with Gasteiger partial charge in [0.1, 0.15) is 0 Å². The van der Waals surface area contributed by atoms with E-state index >= 15 is 0 Å². The van der Waals surface area contributed by atoms with E-state index in [0.717, 1.165) is 16.7 Å². The van der Waals surface area contributed by atoms with Gasteiger partial charge >= 0.3 is 0 Å². The molecular weight excluding hydrogens is 330 g/mol. The summed E-state index contributed by atoms with van der Waals surface area (Å²) >= 11 is 3.44. The van der Waals surface area contributed by atoms with Gasteiger partial charge in [0.05, 0.1) is 5.69 Å². The monoisotopic (exact) mass is 343 g/mol. The topological polar surface area (TPSA) is 46.8 Å². The smallest absolute Gasteiger partial charge is 0.250 e. The van der Waals surface area contributed by atoms with Gasteiger partial charge in [-0.15, -0.1) is 0 Å². The van der Waals surface area contributed by atoms with Crippen LogP contribution in [0.3, 0.4) is 0 Å². The van der Waals surface area contributed by atoms with Crippen LogP contribution < -0.4 is 4.90 Å². The number of benzene rings is 2. The lowest BCUT2D eigenvalue weighted by atomic mass is 10.2. The molecule has 3 rings (SSSR count). The van der Waals surface area contributed by atoms with Crippen LogP contribution in [0, 0.1) is 0 Å². The van der Waals surface area contributed by atoms with E-state index in [1.54, 1.807) is 4.68 Å². The molecule has 0 saturated heterocycles. The van der Waals surface area contributed by atoms with Crippen molar-refractivity contribution in [2.45, 2.75) is 6.54 Å². The van der Waals surface area contributed by atoms with Crippen molar-refractivity contribution in [3.63, 3.8) is 0 Å². The van der Waals surface area contributed by atoms with Crippen molar-refractivity contribution in [2.24, 2.45) is 0 Å². The largest absolute Gasteiger partial charge is 0.338 e. The molecule has 0 spiro atoms. The molecule has 0 atom stereocenters. The number of rotatable bonds is 4. The molecule has 0 fully saturated rings. The maximum absolute atomic E-state index is 4.12. The van der Waals surface area contributed by atoms with Crippen LogP contribution in [-0.2, 0) is 6.54 Å². The van der Waals surface area contributed by atoms with E-state index in [2.05, 4.69) is 43.6 Å². The first-order chi connectivity index (χ1) is 10.2. The highest BCUT2D eigenvalue weighted by Gasteiger charge is 2.12. The summed E-state index contributed by atoms with van der Waals surface area (Å²) in [6.45, 7) is 0.737. The number of hydrogen-bond donors (Lipinski definition) is 0. The van der Waals surface area contributed by atoms with Crippen LogP contribution in [0.5, 0.6) is 0 Å². The van der Waals surface area contributed by atoms with E-state index in [0.29, 0.717) is 5.95 Å². The lowest BCUT2D eigenvalue weighted by Crippen LogP contribution is -2.20. The molecule has 1 aromatic heterocycles. The number of tetrazole rings is 1. The second-order valence-electron chi connectivity index (χ2n) is 4.71. The molecule has 6 heteroatoms. The Morgan fingerprint density at radius 2 is 1.76 bits per heavy atom. The van der Waals surface area contributed by atoms with E-state index in [1.807, 2.05) is 54.4 Å². The molecule has 21 heavy (non-hydrogen) atoms. The second kappa shape index (κ2) is 6.05. The average molecular weight is 344 g/mol. The van der Waals surface area contributed by atoms with Crippen LogP contribution in [0.2, 0.25) is 0 Å². The van der Waals surface area contributed by atoms with Gasteiger partial charge in [-0.05, 0) is 40.3 Å². The quantitative estimate of drug-likeness (QED) is 0.730. The minimum Gasteiger partial charge on any atom is -0.338 e. The predicted molar refractivity (Wildman–Crippen MR) is 85.4 cm³/mol. The summed E-state index contributed by atoms with van der Waals surface area (Å²) in [6.07, 6.45) is 0. The fourth-order valence-electron chi connectivity index (χ4n) is 2.09. The van der Waals surface area contributed by atoms with E-state index in [1.165, 1.54) is 5.56 Å². The molecule has 2 aromatic carbocycles. The Kier molecular flexibility index (Phi) is 3.96. The van der Waals surface area contributed by atoms with Crippen molar-refractivity contribution < 1.29 is 0 Å². The molecule has 106 valence electrons. The Morgan fingerprint density at radius 1 is 1.05 bits per heavy atom. The Bertz CT molecular complexity index is 708. The first-order valence-corrected chi connectivity index (χ1v) is 7.33. The van der Waals surface area contributed by atoms with Gasteiger partial charge in [0, 0.05) is 18.1 Å². The number of hydrogen-bond acceptors (Lipinski definition) is 4. The standard InChI is InChI=1S/C15H14BrN5/c1-20(11-12-7-9-13(16)10-8-12)15-17-18-19-21(15)14-5-3-2-4-6-14/h2-10H,11H2,1H3. The molecule has 5 nitrogen and oxygen atoms in total. The first kappa shape index (κ1) is 13.8. The number of aromatic nitrogens is 4. The van der Waals surface area contributed by atoms with Gasteiger partial charge in [-0.2, -0.15) is 4.68 Å². The minimum absolute atomic E-state index is 0.712. The van der Waals surface area contributed by atoms with Gasteiger partial charge in [-0.3, -0.25) is 0 Å². The van der Waals surface area contributed by atoms with Crippen LogP contribution in [-0.4, -0.2) is 27.3 Å². The third kappa shape index (κ3) is 3.11. The summed E-state index contributed by atoms with van der Waals surface area (Å²) in [5.41, 5.74) is 2.14. The highest BCUT2D eigenvalue weighted by atomic mass is 79.9. The summed E-state index contributed by atoms with van der Waals surface area (Å²) in [4.78, 5) is 2.02. The minimum atomic E-state index is 0.712. The first-order valence-electron chi connectivity index (χ1n) is 6.53. The zero-order chi connectivity index (χ0) is 14.7. The van der Waals surface area contributed by atoms with E-state index < -0.39 is 0 Å². The lowest BCUT2D eigenvalue weighted by molar-refractivity contribution is 0.771. The number of nitrogens with zero attached hydrogens (tertiary/aromatic N) is 5. The lowest BCUT2D eigenvalue weighted by Gasteiger charge is -2.17. The van der Waals surface area contributed by atoms with Crippen molar-refractivity contribution in [3.05, 3.63) is 64.6 Å². The van der Waals surface area contributed by atoms with Crippen LogP contribution >= 0.6 is 15.9 Å². The van der Waals surface area contributed by atoms with Crippen molar-refractivity contribution in [1.29, 1.82) is 0 Å². The molecule has 1 heterocycles. The normalized spacial score (nSPS) is 10.6. The summed E-state index contributed by atoms with van der Waals surface area (Å²) in [5.74, 6) is 0.712. The van der Waals surface area contributed by atoms with Crippen LogP contribution in [0.15, 0.2) is 59.1 Å². The molecule has 3 aromatic rings. The van der Waals surface area contributed by atoms with E-state index in [4.69, 9.17) is 0 Å². The van der Waals surface area contributed by atoms with Gasteiger partial charge in [0.2, 0.25) is 5.95 Å². The van der Waals surface area contributed by atoms with Gasteiger partial charge in [0.25, 0.3) is 0 Å². The second-order valence-corrected chi connectivity index (χ2v) is 5.62. The molecule has 0 aliphatic heterocycles. The zero-order valence-corrected chi connectivity index (χ0v) is 13.1. The summed E-state index contributed by atoms with van der Waals surface area (Å²) in [5, 5.41) is 12.0. The Labute approximate surface area is 131 Å². The molecule has 0 aliphatic rings. The number of anilines is 1. The highest BCUT2D eigenvalue weighted by molar-refractivity contribution is 9.10. The molecule has 0 N–H and O–H groups in total. The van der Waals surface area contributed by atoms with Crippen molar-refractivity contribution >= 4 is 21.9 Å². The summed E-state index contributed by atoms with van der Waals surface area (Å²) in [7, 11) is 1.98. The zero-order valence-electron chi connectivity index (χ0n) is 11.5. The van der Waals surface area contributed by atoms with Gasteiger partial charge in [-0.1, -0.05) is 51.4 Å². The maximum Gasteiger partial charge on any atom is 0.250 e. The third-order valence-electron chi connectivity index (χ3n) is 3.13. The van der Waals surface area contributed by atoms with E-state index in [-0.39, 0.29) is 0 Å².